The molecule has 0 radical (unpaired) electrons. The Balaban J connectivity index is 1.64. The first-order chi connectivity index (χ1) is 13.0. The third-order valence-electron chi connectivity index (χ3n) is 5.00. The number of nitrogens with zero attached hydrogens (tertiary/aromatic N) is 1. The molecule has 0 bridgehead atoms. The van der Waals surface area contributed by atoms with Gasteiger partial charge in [-0.3, -0.25) is 4.79 Å². The molecule has 3 rings (SSSR count). The number of piperidine rings is 1. The molecule has 144 valence electrons. The number of carbonyl (C=O) groups excluding carboxylic acids is 1. The Hall–Kier alpha value is -2.40. The van der Waals surface area contributed by atoms with Gasteiger partial charge in [-0.05, 0) is 31.9 Å². The summed E-state index contributed by atoms with van der Waals surface area (Å²) in [5.74, 6) is 0.993. The summed E-state index contributed by atoms with van der Waals surface area (Å²) < 4.78 is 10.6. The maximum Gasteiger partial charge on any atom is 0.227 e. The second-order valence-electron chi connectivity index (χ2n) is 6.77. The normalized spacial score (nSPS) is 14.7. The van der Waals surface area contributed by atoms with Crippen LogP contribution >= 0.6 is 11.6 Å². The van der Waals surface area contributed by atoms with Crippen LogP contribution in [0.4, 0.5) is 11.4 Å². The van der Waals surface area contributed by atoms with Crippen LogP contribution in [0.5, 0.6) is 11.5 Å². The molecule has 0 atom stereocenters. The lowest BCUT2D eigenvalue weighted by Crippen LogP contribution is -2.38. The van der Waals surface area contributed by atoms with Gasteiger partial charge in [0.1, 0.15) is 11.5 Å². The van der Waals surface area contributed by atoms with Crippen molar-refractivity contribution >= 4 is 28.9 Å². The lowest BCUT2D eigenvalue weighted by molar-refractivity contribution is -0.120. The van der Waals surface area contributed by atoms with Gasteiger partial charge in [0.15, 0.2) is 0 Å². The van der Waals surface area contributed by atoms with Crippen LogP contribution in [-0.4, -0.2) is 33.2 Å². The van der Waals surface area contributed by atoms with E-state index < -0.39 is 0 Å². The average molecular weight is 389 g/mol. The van der Waals surface area contributed by atoms with E-state index in [-0.39, 0.29) is 11.8 Å². The van der Waals surface area contributed by atoms with E-state index in [1.54, 1.807) is 26.4 Å². The van der Waals surface area contributed by atoms with Gasteiger partial charge in [0.05, 0.1) is 24.9 Å². The molecule has 5 nitrogen and oxygen atoms in total. The van der Waals surface area contributed by atoms with Crippen LogP contribution in [0, 0.1) is 12.8 Å². The summed E-state index contributed by atoms with van der Waals surface area (Å²) in [5.41, 5.74) is 3.04. The van der Waals surface area contributed by atoms with Crippen LogP contribution in [0.25, 0.3) is 0 Å². The van der Waals surface area contributed by atoms with Gasteiger partial charge in [-0.1, -0.05) is 29.3 Å². The molecule has 27 heavy (non-hydrogen) atoms. The van der Waals surface area contributed by atoms with Crippen molar-refractivity contribution < 1.29 is 14.3 Å². The fourth-order valence-corrected chi connectivity index (χ4v) is 3.58. The fourth-order valence-electron chi connectivity index (χ4n) is 3.35. The average Bonchev–Trinajstić information content (AvgIpc) is 2.69. The van der Waals surface area contributed by atoms with Crippen molar-refractivity contribution in [3.63, 3.8) is 0 Å². The Labute approximate surface area is 165 Å². The van der Waals surface area contributed by atoms with Gasteiger partial charge in [0, 0.05) is 36.8 Å². The highest BCUT2D eigenvalue weighted by molar-refractivity contribution is 6.32. The zero-order chi connectivity index (χ0) is 19.4. The van der Waals surface area contributed by atoms with Gasteiger partial charge >= 0.3 is 0 Å². The zero-order valence-electron chi connectivity index (χ0n) is 15.9. The summed E-state index contributed by atoms with van der Waals surface area (Å²) in [6, 6.07) is 11.9. The largest absolute Gasteiger partial charge is 0.495 e. The molecule has 2 aromatic rings. The Morgan fingerprint density at radius 3 is 2.30 bits per heavy atom. The summed E-state index contributed by atoms with van der Waals surface area (Å²) in [7, 11) is 3.09. The topological polar surface area (TPSA) is 50.8 Å². The van der Waals surface area contributed by atoms with E-state index in [2.05, 4.69) is 41.4 Å². The SMILES string of the molecule is COc1cc(NC(=O)C2CCN(c3ccc(C)cc3)CC2)c(OC)cc1Cl. The quantitative estimate of drug-likeness (QED) is 0.818. The summed E-state index contributed by atoms with van der Waals surface area (Å²) in [5, 5.41) is 3.42. The van der Waals surface area contributed by atoms with Crippen molar-refractivity contribution in [2.75, 3.05) is 37.5 Å². The van der Waals surface area contributed by atoms with Crippen molar-refractivity contribution in [1.82, 2.24) is 0 Å². The minimum Gasteiger partial charge on any atom is -0.495 e. The van der Waals surface area contributed by atoms with Gasteiger partial charge in [-0.15, -0.1) is 0 Å². The van der Waals surface area contributed by atoms with Crippen molar-refractivity contribution in [2.45, 2.75) is 19.8 Å². The Morgan fingerprint density at radius 1 is 1.07 bits per heavy atom. The molecule has 1 saturated heterocycles. The fraction of sp³-hybridized carbons (Fsp3) is 0.381. The van der Waals surface area contributed by atoms with Crippen molar-refractivity contribution in [3.8, 4) is 11.5 Å². The first-order valence-electron chi connectivity index (χ1n) is 9.06. The summed E-state index contributed by atoms with van der Waals surface area (Å²) in [6.45, 7) is 3.81. The second-order valence-corrected chi connectivity index (χ2v) is 7.18. The smallest absolute Gasteiger partial charge is 0.227 e. The van der Waals surface area contributed by atoms with Gasteiger partial charge in [-0.25, -0.2) is 0 Å². The predicted octanol–water partition coefficient (Wildman–Crippen LogP) is 4.52. The monoisotopic (exact) mass is 388 g/mol. The number of halogens is 1. The lowest BCUT2D eigenvalue weighted by Gasteiger charge is -2.33. The second kappa shape index (κ2) is 8.53. The van der Waals surface area contributed by atoms with Crippen LogP contribution in [0.2, 0.25) is 5.02 Å². The minimum atomic E-state index is -0.0296. The Bertz CT molecular complexity index is 800. The number of rotatable bonds is 5. The number of carbonyl (C=O) groups is 1. The molecule has 1 amide bonds. The standard InChI is InChI=1S/C21H25ClN2O3/c1-14-4-6-16(7-5-14)24-10-8-15(9-11-24)21(25)23-18-13-19(26-2)17(22)12-20(18)27-3/h4-7,12-13,15H,8-11H2,1-3H3,(H,23,25). The molecule has 1 aliphatic rings. The number of amides is 1. The van der Waals surface area contributed by atoms with E-state index in [4.69, 9.17) is 21.1 Å². The summed E-state index contributed by atoms with van der Waals surface area (Å²) in [4.78, 5) is 15.1. The zero-order valence-corrected chi connectivity index (χ0v) is 16.7. The van der Waals surface area contributed by atoms with E-state index >= 15 is 0 Å². The minimum absolute atomic E-state index is 0.00114. The highest BCUT2D eigenvalue weighted by atomic mass is 35.5. The van der Waals surface area contributed by atoms with E-state index in [1.807, 2.05) is 0 Å². The first kappa shape index (κ1) is 19.4. The van der Waals surface area contributed by atoms with Gasteiger partial charge in [-0.2, -0.15) is 0 Å². The van der Waals surface area contributed by atoms with E-state index in [0.717, 1.165) is 25.9 Å². The van der Waals surface area contributed by atoms with E-state index in [1.165, 1.54) is 11.3 Å². The van der Waals surface area contributed by atoms with E-state index in [9.17, 15) is 4.79 Å². The molecular formula is C21H25ClN2O3. The summed E-state index contributed by atoms with van der Waals surface area (Å²) >= 11 is 6.13. The number of nitrogens with one attached hydrogen (secondary N) is 1. The molecular weight excluding hydrogens is 364 g/mol. The number of methoxy groups -OCH3 is 2. The number of benzene rings is 2. The molecule has 1 fully saturated rings. The molecule has 6 heteroatoms. The van der Waals surface area contributed by atoms with Crippen molar-refractivity contribution in [3.05, 3.63) is 47.0 Å². The third kappa shape index (κ3) is 4.48. The molecule has 0 saturated carbocycles. The number of hydrogen-bond donors (Lipinski definition) is 1. The van der Waals surface area contributed by atoms with Crippen LogP contribution in [0.1, 0.15) is 18.4 Å². The van der Waals surface area contributed by atoms with Gasteiger partial charge in [0.2, 0.25) is 5.91 Å². The highest BCUT2D eigenvalue weighted by Gasteiger charge is 2.26. The Morgan fingerprint density at radius 2 is 1.70 bits per heavy atom. The van der Waals surface area contributed by atoms with Crippen molar-refractivity contribution in [2.24, 2.45) is 5.92 Å². The van der Waals surface area contributed by atoms with Gasteiger partial charge < -0.3 is 19.7 Å². The van der Waals surface area contributed by atoms with Crippen LogP contribution in [-0.2, 0) is 4.79 Å². The van der Waals surface area contributed by atoms with E-state index in [0.29, 0.717) is 22.2 Å². The summed E-state index contributed by atoms with van der Waals surface area (Å²) in [6.07, 6.45) is 1.62. The molecule has 0 aliphatic carbocycles. The first-order valence-corrected chi connectivity index (χ1v) is 9.43. The number of anilines is 2. The molecule has 1 N–H and O–H groups in total. The number of aryl methyl sites for hydroxylation is 1. The van der Waals surface area contributed by atoms with Crippen molar-refractivity contribution in [1.29, 1.82) is 0 Å². The van der Waals surface area contributed by atoms with Crippen LogP contribution in [0.15, 0.2) is 36.4 Å². The molecule has 0 spiro atoms. The van der Waals surface area contributed by atoms with Gasteiger partial charge in [0.25, 0.3) is 0 Å². The van der Waals surface area contributed by atoms with Crippen LogP contribution in [0.3, 0.4) is 0 Å². The predicted molar refractivity (Wildman–Crippen MR) is 109 cm³/mol. The van der Waals surface area contributed by atoms with Crippen LogP contribution < -0.4 is 19.7 Å². The molecule has 0 aromatic heterocycles. The highest BCUT2D eigenvalue weighted by Crippen LogP contribution is 2.36. The number of ether oxygens (including phenoxy) is 2. The molecule has 0 unspecified atom stereocenters. The third-order valence-corrected chi connectivity index (χ3v) is 5.29. The number of hydrogen-bond acceptors (Lipinski definition) is 4. The molecule has 2 aromatic carbocycles. The molecule has 1 aliphatic heterocycles. The molecule has 1 heterocycles. The maximum absolute atomic E-state index is 12.7. The Kier molecular flexibility index (Phi) is 6.11. The lowest BCUT2D eigenvalue weighted by atomic mass is 9.95. The maximum atomic E-state index is 12.7.